The Morgan fingerprint density at radius 1 is 0.516 bits per heavy atom. The lowest BCUT2D eigenvalue weighted by atomic mass is 10.0. The van der Waals surface area contributed by atoms with Crippen molar-refractivity contribution in [2.45, 2.75) is 61.3 Å². The first-order chi connectivity index (χ1) is 15.2. The maximum atomic E-state index is 5.09. The van der Waals surface area contributed by atoms with Crippen LogP contribution in [0.4, 0.5) is 0 Å². The standard InChI is InChI=1S/C14H14.C9H12O2.3C2H6/c1-3-7-13(8-4-1)11-12-14-9-5-2-6-10-14;1-7-4-5-8(10-2)9(6-7)11-3;3*1-2/h1-10H,11-12H2;4-6H,1-3H3;3*1-2H3. The quantitative estimate of drug-likeness (QED) is 0.408. The summed E-state index contributed by atoms with van der Waals surface area (Å²) in [5.74, 6) is 1.56. The van der Waals surface area contributed by atoms with Crippen molar-refractivity contribution in [2.75, 3.05) is 14.2 Å². The third-order valence-electron chi connectivity index (χ3n) is 3.93. The number of benzene rings is 3. The number of methoxy groups -OCH3 is 2. The van der Waals surface area contributed by atoms with Gasteiger partial charge in [-0.15, -0.1) is 0 Å². The van der Waals surface area contributed by atoms with Gasteiger partial charge < -0.3 is 9.47 Å². The molecule has 0 N–H and O–H groups in total. The Hall–Kier alpha value is -2.74. The molecule has 0 atom stereocenters. The van der Waals surface area contributed by atoms with Crippen molar-refractivity contribution in [3.63, 3.8) is 0 Å². The van der Waals surface area contributed by atoms with Gasteiger partial charge in [-0.25, -0.2) is 0 Å². The van der Waals surface area contributed by atoms with Crippen LogP contribution in [0.5, 0.6) is 11.5 Å². The van der Waals surface area contributed by atoms with Crippen molar-refractivity contribution >= 4 is 0 Å². The van der Waals surface area contributed by atoms with Gasteiger partial charge in [-0.3, -0.25) is 0 Å². The van der Waals surface area contributed by atoms with E-state index in [4.69, 9.17) is 9.47 Å². The number of rotatable bonds is 5. The van der Waals surface area contributed by atoms with Crippen LogP contribution in [-0.4, -0.2) is 14.2 Å². The van der Waals surface area contributed by atoms with E-state index in [2.05, 4.69) is 60.7 Å². The second kappa shape index (κ2) is 22.0. The van der Waals surface area contributed by atoms with Crippen molar-refractivity contribution < 1.29 is 9.47 Å². The first-order valence-corrected chi connectivity index (χ1v) is 11.5. The van der Waals surface area contributed by atoms with E-state index in [1.165, 1.54) is 16.7 Å². The van der Waals surface area contributed by atoms with Crippen LogP contribution in [0.2, 0.25) is 0 Å². The van der Waals surface area contributed by atoms with Gasteiger partial charge in [0.15, 0.2) is 11.5 Å². The van der Waals surface area contributed by atoms with E-state index in [1.807, 2.05) is 66.7 Å². The predicted molar refractivity (Wildman–Crippen MR) is 139 cm³/mol. The van der Waals surface area contributed by atoms with Gasteiger partial charge in [-0.1, -0.05) is 108 Å². The highest BCUT2D eigenvalue weighted by Gasteiger charge is 2.00. The normalized spacial score (nSPS) is 8.42. The Kier molecular flexibility index (Phi) is 21.6. The van der Waals surface area contributed by atoms with E-state index < -0.39 is 0 Å². The molecule has 0 unspecified atom stereocenters. The summed E-state index contributed by atoms with van der Waals surface area (Å²) in [6.07, 6.45) is 2.26. The van der Waals surface area contributed by atoms with Crippen LogP contribution in [0.1, 0.15) is 58.2 Å². The first kappa shape index (κ1) is 30.5. The van der Waals surface area contributed by atoms with E-state index in [9.17, 15) is 0 Å². The summed E-state index contributed by atoms with van der Waals surface area (Å²) in [4.78, 5) is 0. The molecule has 3 aromatic rings. The topological polar surface area (TPSA) is 18.5 Å². The van der Waals surface area contributed by atoms with Crippen LogP contribution in [0.15, 0.2) is 78.9 Å². The van der Waals surface area contributed by atoms with Gasteiger partial charge >= 0.3 is 0 Å². The van der Waals surface area contributed by atoms with Gasteiger partial charge in [0.25, 0.3) is 0 Å². The fourth-order valence-corrected chi connectivity index (χ4v) is 2.52. The summed E-state index contributed by atoms with van der Waals surface area (Å²) in [5, 5.41) is 0. The van der Waals surface area contributed by atoms with Crippen LogP contribution in [0, 0.1) is 6.92 Å². The summed E-state index contributed by atoms with van der Waals surface area (Å²) in [6.45, 7) is 14.0. The average molecular weight is 425 g/mol. The molecule has 31 heavy (non-hydrogen) atoms. The zero-order valence-corrected chi connectivity index (χ0v) is 21.2. The predicted octanol–water partition coefficient (Wildman–Crippen LogP) is 8.56. The van der Waals surface area contributed by atoms with E-state index in [0.29, 0.717) is 0 Å². The minimum atomic E-state index is 0.776. The van der Waals surface area contributed by atoms with Crippen LogP contribution in [-0.2, 0) is 12.8 Å². The second-order valence-corrected chi connectivity index (χ2v) is 5.83. The largest absolute Gasteiger partial charge is 0.493 e. The molecule has 0 saturated carbocycles. The Morgan fingerprint density at radius 3 is 1.26 bits per heavy atom. The molecule has 0 radical (unpaired) electrons. The lowest BCUT2D eigenvalue weighted by molar-refractivity contribution is 0.354. The fourth-order valence-electron chi connectivity index (χ4n) is 2.52. The van der Waals surface area contributed by atoms with Gasteiger partial charge in [0.1, 0.15) is 0 Å². The number of ether oxygens (including phenoxy) is 2. The molecule has 2 heteroatoms. The molecule has 0 heterocycles. The molecule has 3 rings (SSSR count). The Balaban J connectivity index is 0. The van der Waals surface area contributed by atoms with Gasteiger partial charge in [-0.05, 0) is 48.6 Å². The SMILES string of the molecule is CC.CC.CC.COc1ccc(C)cc1OC.c1ccc(CCc2ccccc2)cc1. The Bertz CT molecular complexity index is 698. The third-order valence-corrected chi connectivity index (χ3v) is 3.93. The monoisotopic (exact) mass is 424 g/mol. The van der Waals surface area contributed by atoms with Gasteiger partial charge in [0, 0.05) is 0 Å². The van der Waals surface area contributed by atoms with Crippen LogP contribution >= 0.6 is 0 Å². The molecule has 0 aliphatic carbocycles. The molecule has 0 amide bonds. The first-order valence-electron chi connectivity index (χ1n) is 11.5. The third kappa shape index (κ3) is 14.0. The average Bonchev–Trinajstić information content (AvgIpc) is 2.88. The van der Waals surface area contributed by atoms with E-state index >= 15 is 0 Å². The number of hydrogen-bond acceptors (Lipinski definition) is 2. The van der Waals surface area contributed by atoms with Crippen LogP contribution in [0.3, 0.4) is 0 Å². The minimum Gasteiger partial charge on any atom is -0.493 e. The molecule has 0 aliphatic rings. The molecule has 0 aromatic heterocycles. The molecule has 3 aromatic carbocycles. The van der Waals surface area contributed by atoms with E-state index in [1.54, 1.807) is 14.2 Å². The number of aryl methyl sites for hydroxylation is 3. The zero-order valence-electron chi connectivity index (χ0n) is 21.2. The van der Waals surface area contributed by atoms with Crippen molar-refractivity contribution in [3.8, 4) is 11.5 Å². The maximum Gasteiger partial charge on any atom is 0.160 e. The van der Waals surface area contributed by atoms with Crippen molar-refractivity contribution in [1.82, 2.24) is 0 Å². The lowest BCUT2D eigenvalue weighted by Crippen LogP contribution is -1.90. The fraction of sp³-hybridized carbons (Fsp3) is 0.379. The zero-order chi connectivity index (χ0) is 23.9. The van der Waals surface area contributed by atoms with Gasteiger partial charge in [0.2, 0.25) is 0 Å². The summed E-state index contributed by atoms with van der Waals surface area (Å²) < 4.78 is 10.2. The summed E-state index contributed by atoms with van der Waals surface area (Å²) in [5.41, 5.74) is 4.00. The Labute approximate surface area is 192 Å². The van der Waals surface area contributed by atoms with E-state index in [-0.39, 0.29) is 0 Å². The van der Waals surface area contributed by atoms with Crippen molar-refractivity contribution in [2.24, 2.45) is 0 Å². The van der Waals surface area contributed by atoms with Gasteiger partial charge in [0.05, 0.1) is 14.2 Å². The molecule has 172 valence electrons. The molecular weight excluding hydrogens is 380 g/mol. The molecular formula is C29H44O2. The lowest BCUT2D eigenvalue weighted by Gasteiger charge is -2.06. The molecule has 0 bridgehead atoms. The van der Waals surface area contributed by atoms with E-state index in [0.717, 1.165) is 24.3 Å². The highest BCUT2D eigenvalue weighted by atomic mass is 16.5. The van der Waals surface area contributed by atoms with Gasteiger partial charge in [-0.2, -0.15) is 0 Å². The van der Waals surface area contributed by atoms with Crippen LogP contribution < -0.4 is 9.47 Å². The molecule has 0 fully saturated rings. The molecule has 2 nitrogen and oxygen atoms in total. The Morgan fingerprint density at radius 2 is 0.903 bits per heavy atom. The van der Waals surface area contributed by atoms with Crippen molar-refractivity contribution in [1.29, 1.82) is 0 Å². The highest BCUT2D eigenvalue weighted by molar-refractivity contribution is 5.42. The summed E-state index contributed by atoms with van der Waals surface area (Å²) in [6, 6.07) is 27.1. The maximum absolute atomic E-state index is 5.09. The second-order valence-electron chi connectivity index (χ2n) is 5.83. The van der Waals surface area contributed by atoms with Crippen molar-refractivity contribution in [3.05, 3.63) is 95.6 Å². The molecule has 0 aliphatic heterocycles. The minimum absolute atomic E-state index is 0.776. The van der Waals surface area contributed by atoms with Crippen LogP contribution in [0.25, 0.3) is 0 Å². The summed E-state index contributed by atoms with van der Waals surface area (Å²) in [7, 11) is 3.27. The molecule has 0 spiro atoms. The smallest absolute Gasteiger partial charge is 0.160 e. The highest BCUT2D eigenvalue weighted by Crippen LogP contribution is 2.26. The molecule has 0 saturated heterocycles. The summed E-state index contributed by atoms with van der Waals surface area (Å²) >= 11 is 0. The number of hydrogen-bond donors (Lipinski definition) is 0.